The van der Waals surface area contributed by atoms with E-state index in [1.165, 1.54) is 6.26 Å². The Morgan fingerprint density at radius 3 is 2.61 bits per heavy atom. The maximum Gasteiger partial charge on any atom is 0.287 e. The number of hydrogen-bond donors (Lipinski definition) is 1. The highest BCUT2D eigenvalue weighted by Crippen LogP contribution is 2.24. The minimum absolute atomic E-state index is 0.275. The lowest BCUT2D eigenvalue weighted by atomic mass is 10.1. The summed E-state index contributed by atoms with van der Waals surface area (Å²) >= 11 is 0. The predicted octanol–water partition coefficient (Wildman–Crippen LogP) is 4.07. The van der Waals surface area contributed by atoms with Gasteiger partial charge in [0.2, 0.25) is 0 Å². The van der Waals surface area contributed by atoms with Crippen LogP contribution in [0.15, 0.2) is 83.6 Å². The number of furan rings is 1. The summed E-state index contributed by atoms with van der Waals surface area (Å²) in [5.74, 6) is 0.805. The molecule has 0 saturated carbocycles. The van der Waals surface area contributed by atoms with Crippen molar-refractivity contribution in [3.05, 3.63) is 90.6 Å². The molecule has 2 aromatic carbocycles. The van der Waals surface area contributed by atoms with Crippen LogP contribution in [0.3, 0.4) is 0 Å². The van der Waals surface area contributed by atoms with E-state index in [1.54, 1.807) is 17.9 Å². The summed E-state index contributed by atoms with van der Waals surface area (Å²) in [5.41, 5.74) is 3.36. The number of carbonyl (C=O) groups is 1. The first-order chi connectivity index (χ1) is 13.7. The fraction of sp³-hybridized carbons (Fsp3) is 0.0909. The maximum absolute atomic E-state index is 12.6. The van der Waals surface area contributed by atoms with Crippen LogP contribution in [0, 0.1) is 0 Å². The Hall–Kier alpha value is -3.80. The Balaban J connectivity index is 1.44. The van der Waals surface area contributed by atoms with Crippen molar-refractivity contribution < 1.29 is 13.9 Å². The molecule has 0 fully saturated rings. The maximum atomic E-state index is 12.6. The summed E-state index contributed by atoms with van der Waals surface area (Å²) in [5, 5.41) is 7.37. The molecular weight excluding hydrogens is 354 g/mol. The van der Waals surface area contributed by atoms with Crippen molar-refractivity contribution >= 4 is 5.91 Å². The summed E-state index contributed by atoms with van der Waals surface area (Å²) in [6.07, 6.45) is 3.38. The number of rotatable bonds is 6. The fourth-order valence-electron chi connectivity index (χ4n) is 2.92. The molecule has 6 heteroatoms. The Labute approximate surface area is 162 Å². The first kappa shape index (κ1) is 17.6. The largest absolute Gasteiger partial charge is 0.497 e. The monoisotopic (exact) mass is 373 g/mol. The average molecular weight is 373 g/mol. The van der Waals surface area contributed by atoms with Gasteiger partial charge in [-0.05, 0) is 42.0 Å². The summed E-state index contributed by atoms with van der Waals surface area (Å²) in [6.45, 7) is 0.302. The molecular formula is C22H19N3O3. The summed E-state index contributed by atoms with van der Waals surface area (Å²) < 4.78 is 12.3. The highest BCUT2D eigenvalue weighted by Gasteiger charge is 2.16. The van der Waals surface area contributed by atoms with Gasteiger partial charge < -0.3 is 14.5 Å². The number of nitrogens with zero attached hydrogens (tertiary/aromatic N) is 2. The van der Waals surface area contributed by atoms with Crippen molar-refractivity contribution in [2.24, 2.45) is 0 Å². The van der Waals surface area contributed by atoms with Gasteiger partial charge in [0, 0.05) is 11.8 Å². The quantitative estimate of drug-likeness (QED) is 0.553. The van der Waals surface area contributed by atoms with Crippen molar-refractivity contribution in [3.63, 3.8) is 0 Å². The minimum atomic E-state index is -0.275. The van der Waals surface area contributed by atoms with Gasteiger partial charge in [0.15, 0.2) is 5.76 Å². The minimum Gasteiger partial charge on any atom is -0.497 e. The molecule has 0 spiro atoms. The molecule has 28 heavy (non-hydrogen) atoms. The normalized spacial score (nSPS) is 10.6. The van der Waals surface area contributed by atoms with Gasteiger partial charge in [-0.3, -0.25) is 4.79 Å². The van der Waals surface area contributed by atoms with Gasteiger partial charge in [-0.15, -0.1) is 0 Å². The molecule has 140 valence electrons. The summed E-state index contributed by atoms with van der Waals surface area (Å²) in [7, 11) is 1.63. The number of nitrogens with one attached hydrogen (secondary N) is 1. The molecule has 0 atom stereocenters. The molecule has 6 nitrogen and oxygen atoms in total. The van der Waals surface area contributed by atoms with Crippen LogP contribution in [0.4, 0.5) is 0 Å². The van der Waals surface area contributed by atoms with Crippen LogP contribution in [0.25, 0.3) is 16.8 Å². The van der Waals surface area contributed by atoms with Crippen LogP contribution in [-0.4, -0.2) is 22.8 Å². The molecule has 0 aliphatic heterocycles. The van der Waals surface area contributed by atoms with Crippen molar-refractivity contribution in [2.75, 3.05) is 7.11 Å². The van der Waals surface area contributed by atoms with E-state index in [9.17, 15) is 4.79 Å². The number of hydrogen-bond acceptors (Lipinski definition) is 4. The number of ether oxygens (including phenoxy) is 1. The Morgan fingerprint density at radius 1 is 1.07 bits per heavy atom. The van der Waals surface area contributed by atoms with Gasteiger partial charge in [0.05, 0.1) is 31.3 Å². The lowest BCUT2D eigenvalue weighted by Crippen LogP contribution is -2.23. The second kappa shape index (κ2) is 7.84. The van der Waals surface area contributed by atoms with Crippen molar-refractivity contribution in [1.29, 1.82) is 0 Å². The molecule has 4 rings (SSSR count). The Bertz CT molecular complexity index is 1070. The molecule has 0 bridgehead atoms. The van der Waals surface area contributed by atoms with Crippen molar-refractivity contribution in [2.45, 2.75) is 6.54 Å². The number of aromatic nitrogens is 2. The lowest BCUT2D eigenvalue weighted by molar-refractivity contribution is 0.0923. The molecule has 0 aliphatic carbocycles. The highest BCUT2D eigenvalue weighted by molar-refractivity contribution is 5.98. The predicted molar refractivity (Wildman–Crippen MR) is 105 cm³/mol. The zero-order valence-corrected chi connectivity index (χ0v) is 15.3. The van der Waals surface area contributed by atoms with E-state index in [2.05, 4.69) is 10.4 Å². The zero-order valence-electron chi connectivity index (χ0n) is 15.3. The third-order valence-electron chi connectivity index (χ3n) is 4.37. The SMILES string of the molecule is COc1ccc(-n2ccc(CNC(=O)c3occc3-c3ccccc3)n2)cc1. The van der Waals surface area contributed by atoms with Crippen molar-refractivity contribution in [1.82, 2.24) is 15.1 Å². The van der Waals surface area contributed by atoms with Crippen LogP contribution < -0.4 is 10.1 Å². The number of amides is 1. The van der Waals surface area contributed by atoms with Gasteiger partial charge in [0.25, 0.3) is 5.91 Å². The molecule has 2 heterocycles. The van der Waals surface area contributed by atoms with E-state index in [0.29, 0.717) is 12.3 Å². The Kier molecular flexibility index (Phi) is 4.93. The Morgan fingerprint density at radius 2 is 1.86 bits per heavy atom. The standard InChI is InChI=1S/C22H19N3O3/c1-27-19-9-7-18(8-10-19)25-13-11-17(24-25)15-23-22(26)21-20(12-14-28-21)16-5-3-2-4-6-16/h2-14H,15H2,1H3,(H,23,26). The van der Waals surface area contributed by atoms with Crippen LogP contribution in [-0.2, 0) is 6.54 Å². The first-order valence-electron chi connectivity index (χ1n) is 8.84. The van der Waals surface area contributed by atoms with Gasteiger partial charge >= 0.3 is 0 Å². The second-order valence-corrected chi connectivity index (χ2v) is 6.16. The molecule has 4 aromatic rings. The topological polar surface area (TPSA) is 69.3 Å². The molecule has 1 N–H and O–H groups in total. The summed E-state index contributed by atoms with van der Waals surface area (Å²) in [4.78, 5) is 12.6. The number of benzene rings is 2. The van der Waals surface area contributed by atoms with Gasteiger partial charge in [-0.25, -0.2) is 4.68 Å². The third kappa shape index (κ3) is 3.66. The molecule has 2 aromatic heterocycles. The van der Waals surface area contributed by atoms with Crippen LogP contribution in [0.2, 0.25) is 0 Å². The first-order valence-corrected chi connectivity index (χ1v) is 8.84. The van der Waals surface area contributed by atoms with Gasteiger partial charge in [-0.1, -0.05) is 30.3 Å². The van der Waals surface area contributed by atoms with Crippen LogP contribution in [0.1, 0.15) is 16.2 Å². The average Bonchev–Trinajstić information content (AvgIpc) is 3.43. The molecule has 0 radical (unpaired) electrons. The van der Waals surface area contributed by atoms with E-state index in [1.807, 2.05) is 66.9 Å². The van der Waals surface area contributed by atoms with E-state index < -0.39 is 0 Å². The number of methoxy groups -OCH3 is 1. The van der Waals surface area contributed by atoms with E-state index in [-0.39, 0.29) is 5.91 Å². The number of carbonyl (C=O) groups excluding carboxylic acids is 1. The molecule has 0 unspecified atom stereocenters. The third-order valence-corrected chi connectivity index (χ3v) is 4.37. The van der Waals surface area contributed by atoms with E-state index >= 15 is 0 Å². The zero-order chi connectivity index (χ0) is 19.3. The fourth-order valence-corrected chi connectivity index (χ4v) is 2.92. The van der Waals surface area contributed by atoms with E-state index in [4.69, 9.17) is 9.15 Å². The van der Waals surface area contributed by atoms with Crippen LogP contribution >= 0.6 is 0 Å². The molecule has 0 aliphatic rings. The van der Waals surface area contributed by atoms with E-state index in [0.717, 1.165) is 28.3 Å². The van der Waals surface area contributed by atoms with Gasteiger partial charge in [-0.2, -0.15) is 5.10 Å². The smallest absolute Gasteiger partial charge is 0.287 e. The lowest BCUT2D eigenvalue weighted by Gasteiger charge is -2.05. The van der Waals surface area contributed by atoms with Crippen LogP contribution in [0.5, 0.6) is 5.75 Å². The summed E-state index contributed by atoms with van der Waals surface area (Å²) in [6, 6.07) is 20.9. The molecule has 1 amide bonds. The second-order valence-electron chi connectivity index (χ2n) is 6.16. The molecule has 0 saturated heterocycles. The van der Waals surface area contributed by atoms with Crippen molar-refractivity contribution in [3.8, 4) is 22.6 Å². The van der Waals surface area contributed by atoms with Gasteiger partial charge in [0.1, 0.15) is 5.75 Å². The highest BCUT2D eigenvalue weighted by atomic mass is 16.5.